The van der Waals surface area contributed by atoms with Crippen LogP contribution in [0, 0.1) is 11.8 Å². The summed E-state index contributed by atoms with van der Waals surface area (Å²) in [5.41, 5.74) is 0.0214. The molecule has 2 aromatic rings. The Bertz CT molecular complexity index is 1130. The van der Waals surface area contributed by atoms with Crippen LogP contribution in [-0.2, 0) is 24.7 Å². The lowest BCUT2D eigenvalue weighted by atomic mass is 9.76. The Kier molecular flexibility index (Phi) is 4.21. The smallest absolute Gasteiger partial charge is 0.308 e. The molecule has 0 radical (unpaired) electrons. The van der Waals surface area contributed by atoms with E-state index in [2.05, 4.69) is 10.6 Å². The Labute approximate surface area is 177 Å². The number of hydrogen-bond acceptors (Lipinski definition) is 7. The molecule has 9 heteroatoms. The number of imide groups is 1. The number of nitrogens with one attached hydrogen (secondary N) is 2. The molecule has 0 bridgehead atoms. The Hall–Kier alpha value is -3.56. The third kappa shape index (κ3) is 2.57. The fraction of sp³-hybridized carbons (Fsp3) is 0.273. The molecule has 1 spiro atoms. The summed E-state index contributed by atoms with van der Waals surface area (Å²) in [4.78, 5) is 52.2. The standard InChI is InChI=1S/C22H19N3O6/c1-11(27)31-13-8-6-12(7-9-13)25-19(28)17-16(10-26)24-22(18(17)20(25)29)14-4-2-3-5-15(14)23-21(22)30/h2-9,16-18,24,26H,10H2,1H3,(H,23,30)/t16-,17+,18+,22-/m1/s1. The lowest BCUT2D eigenvalue weighted by Crippen LogP contribution is -2.53. The van der Waals surface area contributed by atoms with E-state index < -0.39 is 53.7 Å². The van der Waals surface area contributed by atoms with Gasteiger partial charge < -0.3 is 15.2 Å². The number of aliphatic hydroxyl groups excluding tert-OH is 1. The van der Waals surface area contributed by atoms with Crippen molar-refractivity contribution in [1.82, 2.24) is 5.32 Å². The molecule has 0 aliphatic carbocycles. The summed E-state index contributed by atoms with van der Waals surface area (Å²) in [7, 11) is 0. The maximum Gasteiger partial charge on any atom is 0.308 e. The average Bonchev–Trinajstić information content (AvgIpc) is 3.33. The van der Waals surface area contributed by atoms with Crippen LogP contribution in [0.4, 0.5) is 11.4 Å². The molecule has 9 nitrogen and oxygen atoms in total. The summed E-state index contributed by atoms with van der Waals surface area (Å²) in [6.07, 6.45) is 0. The van der Waals surface area contributed by atoms with Gasteiger partial charge >= 0.3 is 5.97 Å². The number of para-hydroxylation sites is 1. The molecule has 2 fully saturated rings. The molecule has 5 rings (SSSR count). The number of rotatable bonds is 3. The van der Waals surface area contributed by atoms with Crippen molar-refractivity contribution in [1.29, 1.82) is 0 Å². The van der Waals surface area contributed by atoms with E-state index in [0.717, 1.165) is 4.90 Å². The number of fused-ring (bicyclic) bond motifs is 4. The number of nitrogens with zero attached hydrogens (tertiary/aromatic N) is 1. The lowest BCUT2D eigenvalue weighted by Gasteiger charge is -2.29. The molecule has 2 saturated heterocycles. The van der Waals surface area contributed by atoms with Crippen LogP contribution in [-0.4, -0.2) is 41.4 Å². The largest absolute Gasteiger partial charge is 0.427 e. The molecule has 0 unspecified atom stereocenters. The van der Waals surface area contributed by atoms with E-state index in [-0.39, 0.29) is 5.75 Å². The van der Waals surface area contributed by atoms with E-state index in [0.29, 0.717) is 16.9 Å². The summed E-state index contributed by atoms with van der Waals surface area (Å²) in [6, 6.07) is 12.2. The zero-order valence-corrected chi connectivity index (χ0v) is 16.5. The molecule has 158 valence electrons. The third-order valence-electron chi connectivity index (χ3n) is 6.18. The van der Waals surface area contributed by atoms with E-state index in [1.165, 1.54) is 31.2 Å². The van der Waals surface area contributed by atoms with Crippen LogP contribution in [0.1, 0.15) is 12.5 Å². The van der Waals surface area contributed by atoms with Crippen molar-refractivity contribution in [3.05, 3.63) is 54.1 Å². The number of hydrogen-bond donors (Lipinski definition) is 3. The maximum absolute atomic E-state index is 13.6. The van der Waals surface area contributed by atoms with E-state index in [1.54, 1.807) is 24.3 Å². The normalized spacial score (nSPS) is 28.6. The van der Waals surface area contributed by atoms with Crippen molar-refractivity contribution in [3.63, 3.8) is 0 Å². The topological polar surface area (TPSA) is 125 Å². The zero-order valence-electron chi connectivity index (χ0n) is 16.5. The number of benzene rings is 2. The number of carbonyl (C=O) groups excluding carboxylic acids is 4. The number of carbonyl (C=O) groups is 4. The van der Waals surface area contributed by atoms with Gasteiger partial charge in [-0.05, 0) is 30.3 Å². The fourth-order valence-electron chi connectivity index (χ4n) is 5.00. The summed E-state index contributed by atoms with van der Waals surface area (Å²) in [5.74, 6) is -3.54. The SMILES string of the molecule is CC(=O)Oc1ccc(N2C(=O)[C@@H]3[C@@H](C2=O)[C@@]2(N[C@@H]3CO)C(=O)Nc3ccccc32)cc1. The second-order valence-corrected chi connectivity index (χ2v) is 7.84. The van der Waals surface area contributed by atoms with Crippen molar-refractivity contribution in [3.8, 4) is 5.75 Å². The molecule has 31 heavy (non-hydrogen) atoms. The van der Waals surface area contributed by atoms with Gasteiger partial charge in [0.2, 0.25) is 17.7 Å². The van der Waals surface area contributed by atoms with Crippen LogP contribution in [0.5, 0.6) is 5.75 Å². The molecule has 3 N–H and O–H groups in total. The van der Waals surface area contributed by atoms with Crippen LogP contribution in [0.3, 0.4) is 0 Å². The van der Waals surface area contributed by atoms with Crippen molar-refractivity contribution in [2.24, 2.45) is 11.8 Å². The molecule has 3 heterocycles. The Morgan fingerprint density at radius 2 is 1.81 bits per heavy atom. The van der Waals surface area contributed by atoms with E-state index in [1.807, 2.05) is 0 Å². The fourth-order valence-corrected chi connectivity index (χ4v) is 5.00. The minimum absolute atomic E-state index is 0.283. The molecule has 4 atom stereocenters. The summed E-state index contributed by atoms with van der Waals surface area (Å²) < 4.78 is 5.00. The van der Waals surface area contributed by atoms with Gasteiger partial charge in [-0.2, -0.15) is 0 Å². The first-order chi connectivity index (χ1) is 14.9. The Morgan fingerprint density at radius 3 is 2.48 bits per heavy atom. The highest BCUT2D eigenvalue weighted by Crippen LogP contribution is 2.53. The van der Waals surface area contributed by atoms with Crippen molar-refractivity contribution in [2.45, 2.75) is 18.5 Å². The van der Waals surface area contributed by atoms with Crippen LogP contribution in [0.25, 0.3) is 0 Å². The van der Waals surface area contributed by atoms with Crippen LogP contribution >= 0.6 is 0 Å². The highest BCUT2D eigenvalue weighted by molar-refractivity contribution is 6.25. The average molecular weight is 421 g/mol. The molecular weight excluding hydrogens is 402 g/mol. The number of esters is 1. The number of aliphatic hydroxyl groups is 1. The highest BCUT2D eigenvalue weighted by atomic mass is 16.5. The van der Waals surface area contributed by atoms with Crippen LogP contribution in [0.2, 0.25) is 0 Å². The van der Waals surface area contributed by atoms with Crippen LogP contribution in [0.15, 0.2) is 48.5 Å². The van der Waals surface area contributed by atoms with Gasteiger partial charge in [0.15, 0.2) is 0 Å². The quantitative estimate of drug-likeness (QED) is 0.375. The van der Waals surface area contributed by atoms with Gasteiger partial charge in [-0.1, -0.05) is 18.2 Å². The molecule has 3 amide bonds. The third-order valence-corrected chi connectivity index (χ3v) is 6.18. The van der Waals surface area contributed by atoms with E-state index >= 15 is 0 Å². The summed E-state index contributed by atoms with van der Waals surface area (Å²) >= 11 is 0. The molecule has 0 saturated carbocycles. The van der Waals surface area contributed by atoms with Crippen molar-refractivity contribution in [2.75, 3.05) is 16.8 Å². The predicted molar refractivity (Wildman–Crippen MR) is 108 cm³/mol. The minimum atomic E-state index is -1.44. The van der Waals surface area contributed by atoms with Gasteiger partial charge in [0.05, 0.1) is 24.1 Å². The Morgan fingerprint density at radius 1 is 1.10 bits per heavy atom. The van der Waals surface area contributed by atoms with Gasteiger partial charge in [0, 0.05) is 24.2 Å². The number of amides is 3. The second kappa shape index (κ2) is 6.73. The van der Waals surface area contributed by atoms with Gasteiger partial charge in [0.1, 0.15) is 11.3 Å². The zero-order chi connectivity index (χ0) is 21.9. The maximum atomic E-state index is 13.6. The first kappa shape index (κ1) is 19.4. The second-order valence-electron chi connectivity index (χ2n) is 7.84. The molecule has 2 aromatic carbocycles. The van der Waals surface area contributed by atoms with Gasteiger partial charge in [0.25, 0.3) is 0 Å². The monoisotopic (exact) mass is 421 g/mol. The summed E-state index contributed by atoms with van der Waals surface area (Å²) in [6.45, 7) is 0.866. The number of ether oxygens (including phenoxy) is 1. The van der Waals surface area contributed by atoms with E-state index in [9.17, 15) is 24.3 Å². The molecule has 3 aliphatic heterocycles. The van der Waals surface area contributed by atoms with Crippen molar-refractivity contribution < 1.29 is 29.0 Å². The van der Waals surface area contributed by atoms with Crippen LogP contribution < -0.4 is 20.3 Å². The predicted octanol–water partition coefficient (Wildman–Crippen LogP) is 0.529. The molecular formula is C22H19N3O6. The molecule has 0 aromatic heterocycles. The highest BCUT2D eigenvalue weighted by Gasteiger charge is 2.70. The first-order valence-corrected chi connectivity index (χ1v) is 9.84. The Balaban J connectivity index is 1.58. The number of anilines is 2. The van der Waals surface area contributed by atoms with Crippen molar-refractivity contribution >= 4 is 35.1 Å². The minimum Gasteiger partial charge on any atom is -0.427 e. The van der Waals surface area contributed by atoms with Gasteiger partial charge in [-0.25, -0.2) is 4.90 Å². The summed E-state index contributed by atoms with van der Waals surface area (Å²) in [5, 5.41) is 15.8. The molecule has 3 aliphatic rings. The lowest BCUT2D eigenvalue weighted by molar-refractivity contribution is -0.132. The first-order valence-electron chi connectivity index (χ1n) is 9.84. The van der Waals surface area contributed by atoms with E-state index in [4.69, 9.17) is 4.74 Å². The van der Waals surface area contributed by atoms with Gasteiger partial charge in [-0.15, -0.1) is 0 Å². The van der Waals surface area contributed by atoms with Gasteiger partial charge in [-0.3, -0.25) is 24.5 Å².